The molecule has 0 aromatic heterocycles. The highest BCUT2D eigenvalue weighted by Crippen LogP contribution is 2.26. The number of carbonyl (C=O) groups excluding carboxylic acids is 4. The average molecular weight is 1500 g/mol. The number of hydrogen-bond acceptors (Lipinski definition) is 12. The van der Waals surface area contributed by atoms with Crippen molar-refractivity contribution in [1.82, 2.24) is 17.2 Å². The molecule has 100 heavy (non-hydrogen) atoms. The van der Waals surface area contributed by atoms with Gasteiger partial charge in [0.25, 0.3) is 23.6 Å². The summed E-state index contributed by atoms with van der Waals surface area (Å²) < 4.78 is 123. The Balaban J connectivity index is 0.000000240. The van der Waals surface area contributed by atoms with E-state index in [1.165, 1.54) is 96.1 Å². The van der Waals surface area contributed by atoms with Crippen LogP contribution in [0.15, 0.2) is 189 Å². The molecule has 0 saturated heterocycles. The first kappa shape index (κ1) is 82.3. The lowest BCUT2D eigenvalue weighted by molar-refractivity contribution is 0.101. The molecule has 0 aliphatic rings. The van der Waals surface area contributed by atoms with Crippen LogP contribution >= 0.6 is 23.2 Å². The Bertz CT molecular complexity index is 4350. The summed E-state index contributed by atoms with van der Waals surface area (Å²) in [5.41, 5.74) is 2.47. The highest BCUT2D eigenvalue weighted by atomic mass is 35.5. The van der Waals surface area contributed by atoms with Crippen LogP contribution in [0.25, 0.3) is 0 Å². The summed E-state index contributed by atoms with van der Waals surface area (Å²) in [7, 11) is -5.01. The summed E-state index contributed by atoms with van der Waals surface area (Å²) in [6.45, 7) is 1.69. The molecule has 8 rings (SSSR count). The van der Waals surface area contributed by atoms with Crippen molar-refractivity contribution in [2.24, 2.45) is 0 Å². The maximum Gasteiger partial charge on any atom is 0.255 e. The lowest BCUT2D eigenvalue weighted by atomic mass is 10.2. The third kappa shape index (κ3) is 23.1. The number of aliphatic hydroxyl groups excluding tert-OH is 4. The maximum absolute atomic E-state index is 13.5. The van der Waals surface area contributed by atoms with Crippen LogP contribution in [0.2, 0.25) is 10.0 Å². The van der Waals surface area contributed by atoms with Crippen molar-refractivity contribution < 1.29 is 78.4 Å². The van der Waals surface area contributed by atoms with E-state index in [-0.39, 0.29) is 96.5 Å². The van der Waals surface area contributed by atoms with E-state index in [2.05, 4.69) is 44.7 Å². The second-order valence-electron chi connectivity index (χ2n) is 21.7. The molecule has 536 valence electrons. The highest BCUT2D eigenvalue weighted by molar-refractivity contribution is 7.99. The Morgan fingerprint density at radius 1 is 0.370 bits per heavy atom. The first-order valence-corrected chi connectivity index (χ1v) is 37.1. The molecule has 0 bridgehead atoms. The molecule has 0 spiro atoms. The second kappa shape index (κ2) is 37.3. The minimum absolute atomic E-state index is 0.0272. The Morgan fingerprint density at radius 3 is 0.960 bits per heavy atom. The highest BCUT2D eigenvalue weighted by Gasteiger charge is 2.22. The Kier molecular flexibility index (Phi) is 30.7. The minimum atomic E-state index is -2.87. The van der Waals surface area contributed by atoms with Gasteiger partial charge in [-0.3, -0.25) is 19.2 Å². The van der Waals surface area contributed by atoms with Crippen molar-refractivity contribution in [3.63, 3.8) is 0 Å². The van der Waals surface area contributed by atoms with Crippen LogP contribution in [-0.4, -0.2) is 182 Å². The van der Waals surface area contributed by atoms with Gasteiger partial charge in [-0.1, -0.05) is 47.5 Å². The molecule has 0 aliphatic carbocycles. The lowest BCUT2D eigenvalue weighted by Gasteiger charge is -2.21. The molecule has 20 nitrogen and oxygen atoms in total. The first-order chi connectivity index (χ1) is 47.0. The number of likely N-dealkylation sites (N-methyl/N-ethyl adjacent to an activating group) is 4. The minimum Gasteiger partial charge on any atom is -0.395 e. The van der Waals surface area contributed by atoms with Gasteiger partial charge in [0.05, 0.1) is 75.3 Å². The summed E-state index contributed by atoms with van der Waals surface area (Å²) in [5.74, 6) is 9.72. The van der Waals surface area contributed by atoms with Gasteiger partial charge < -0.3 is 41.7 Å². The van der Waals surface area contributed by atoms with E-state index in [0.29, 0.717) is 48.1 Å². The topological polar surface area (TPSA) is 279 Å². The number of aliphatic hydroxyl groups is 4. The number of rotatable bonds is 24. The molecule has 0 fully saturated rings. The third-order valence-corrected chi connectivity index (χ3v) is 23.7. The van der Waals surface area contributed by atoms with Gasteiger partial charge in [-0.05, 0) is 204 Å². The summed E-state index contributed by atoms with van der Waals surface area (Å²) in [6, 6.07) is 39.5. The smallest absolute Gasteiger partial charge is 0.255 e. The second-order valence-corrected chi connectivity index (χ2v) is 32.0. The number of carbonyl (C=O) groups is 4. The van der Waals surface area contributed by atoms with Crippen LogP contribution in [-0.2, 0) is 38.8 Å². The van der Waals surface area contributed by atoms with E-state index >= 15 is 0 Å². The van der Waals surface area contributed by atoms with Crippen LogP contribution < -0.4 is 21.3 Å². The first-order valence-electron chi connectivity index (χ1n) is 29.6. The molecule has 0 radical (unpaired) electrons. The van der Waals surface area contributed by atoms with Gasteiger partial charge in [-0.2, -0.15) is 0 Å². The molecule has 4 amide bonds. The van der Waals surface area contributed by atoms with Crippen molar-refractivity contribution in [2.75, 3.05) is 102 Å². The van der Waals surface area contributed by atoms with Gasteiger partial charge in [0.15, 0.2) is 0 Å². The summed E-state index contributed by atoms with van der Waals surface area (Å²) in [5, 5.41) is 46.1. The van der Waals surface area contributed by atoms with Crippen LogP contribution in [0.1, 0.15) is 47.0 Å². The maximum atomic E-state index is 13.5. The van der Waals surface area contributed by atoms with Crippen molar-refractivity contribution >= 4 is 132 Å². The Hall–Kier alpha value is -8.37. The average Bonchev–Trinajstić information content (AvgIpc) is 0.828. The van der Waals surface area contributed by atoms with Crippen LogP contribution in [0, 0.1) is 36.0 Å². The van der Waals surface area contributed by atoms with E-state index in [9.17, 15) is 58.0 Å². The monoisotopic (exact) mass is 1500 g/mol. The fourth-order valence-corrected chi connectivity index (χ4v) is 14.2. The summed E-state index contributed by atoms with van der Waals surface area (Å²) in [4.78, 5) is 50.9. The van der Waals surface area contributed by atoms with E-state index in [1.807, 2.05) is 0 Å². The van der Waals surface area contributed by atoms with Gasteiger partial charge in [-0.15, -0.1) is 0 Å². The van der Waals surface area contributed by atoms with E-state index in [4.69, 9.17) is 43.6 Å². The normalized spacial score (nSPS) is 13.5. The standard InChI is InChI=1S/C18H21FN2O3S.2C17H18ClFN2O3S.C17H18F2N2O3S/c1-13-11-15(7-8-17(13)19)20-18(23)14-5-4-6-16(12-14)25(3,24)21(2)9-10-22;1-21(8-9-22)25(2,24)14-5-3-4-12(10-14)17(23)20-13-6-7-16(19)15(18)11-13;1-21(8-9-22)25(2,24)14-5-3-4-12(10-14)17(23)20-13-6-7-15(18)16(19)11-13;1-21(6-7-22)25(2,24)16-5-3-4-12(8-16)17(23)20-15-10-13(18)9-14(19)11-15/h4-8,11-12,22H,3,9-10H2,1-2H3,(H,20,23);2*3-7,10-11,22H,2,8-9H2,1H3,(H,20,23);3-5,8-11,22H,2,6-7H2,1H3,(H,20,23). The Morgan fingerprint density at radius 2 is 0.660 bits per heavy atom. The van der Waals surface area contributed by atoms with Crippen molar-refractivity contribution in [1.29, 1.82) is 0 Å². The molecule has 4 unspecified atom stereocenters. The SMILES string of the molecule is C=S(=O)(c1cccc(C(=O)Nc2cc(F)cc(F)c2)c1)N(C)CCO.C=S(=O)(c1cccc(C(=O)Nc2ccc(Cl)c(F)c2)c1)N(C)CCO.C=S(=O)(c1cccc(C(=O)Nc2ccc(F)c(C)c2)c1)N(C)CCO.C=S(=O)(c1cccc(C(=O)Nc2ccc(F)c(Cl)c2)c1)N(C)CCO. The number of nitrogens with one attached hydrogen (secondary N) is 4. The molecule has 8 aromatic rings. The van der Waals surface area contributed by atoms with E-state index < -0.39 is 85.7 Å². The number of amides is 4. The number of hydrogen-bond donors (Lipinski definition) is 8. The molecule has 0 saturated carbocycles. The number of aryl methyl sites for hydroxylation is 1. The Labute approximate surface area is 589 Å². The predicted octanol–water partition coefficient (Wildman–Crippen LogP) is 9.72. The molecule has 8 aromatic carbocycles. The molecule has 31 heteroatoms. The van der Waals surface area contributed by atoms with E-state index in [1.54, 1.807) is 95.8 Å². The van der Waals surface area contributed by atoms with Crippen LogP contribution in [0.4, 0.5) is 44.7 Å². The quantitative estimate of drug-likeness (QED) is 0.0207. The molecule has 4 atom stereocenters. The van der Waals surface area contributed by atoms with Gasteiger partial charge >= 0.3 is 0 Å². The third-order valence-electron chi connectivity index (χ3n) is 14.4. The van der Waals surface area contributed by atoms with Crippen LogP contribution in [0.5, 0.6) is 0 Å². The number of nitrogens with zero attached hydrogens (tertiary/aromatic N) is 4. The zero-order valence-electron chi connectivity index (χ0n) is 54.8. The number of benzene rings is 8. The van der Waals surface area contributed by atoms with Crippen LogP contribution in [0.3, 0.4) is 0 Å². The van der Waals surface area contributed by atoms with Gasteiger partial charge in [-0.25, -0.2) is 56.0 Å². The van der Waals surface area contributed by atoms with E-state index in [0.717, 1.165) is 24.3 Å². The van der Waals surface area contributed by atoms with Crippen molar-refractivity contribution in [2.45, 2.75) is 26.5 Å². The zero-order valence-corrected chi connectivity index (χ0v) is 59.6. The number of anilines is 4. The molecular formula is C69H75Cl2F5N8O12S4. The van der Waals surface area contributed by atoms with Gasteiger partial charge in [0.1, 0.15) is 29.1 Å². The summed E-state index contributed by atoms with van der Waals surface area (Å²) in [6.07, 6.45) is 0. The fourth-order valence-electron chi connectivity index (χ4n) is 8.53. The molecular weight excluding hydrogens is 1430 g/mol. The lowest BCUT2D eigenvalue weighted by Crippen LogP contribution is -2.29. The zero-order chi connectivity index (χ0) is 74.5. The predicted molar refractivity (Wildman–Crippen MR) is 391 cm³/mol. The molecule has 0 heterocycles. The molecule has 0 aliphatic heterocycles. The van der Waals surface area contributed by atoms with Gasteiger partial charge in [0.2, 0.25) is 0 Å². The fraction of sp³-hybridized carbons (Fsp3) is 0.188. The number of halogens is 7. The molecule has 8 N–H and O–H groups in total. The summed E-state index contributed by atoms with van der Waals surface area (Å²) >= 11 is 11.3. The largest absolute Gasteiger partial charge is 0.395 e. The van der Waals surface area contributed by atoms with Crippen molar-refractivity contribution in [3.05, 3.63) is 237 Å². The van der Waals surface area contributed by atoms with Gasteiger partial charge in [0, 0.05) is 96.8 Å². The van der Waals surface area contributed by atoms with Crippen molar-refractivity contribution in [3.8, 4) is 0 Å².